The molecule has 88 valence electrons. The van der Waals surface area contributed by atoms with Gasteiger partial charge in [-0.15, -0.1) is 0 Å². The minimum absolute atomic E-state index is 0.0706. The fourth-order valence-corrected chi connectivity index (χ4v) is 2.20. The highest BCUT2D eigenvalue weighted by atomic mass is 16.5. The molecule has 0 aromatic rings. The van der Waals surface area contributed by atoms with Gasteiger partial charge in [0.25, 0.3) is 0 Å². The van der Waals surface area contributed by atoms with Crippen LogP contribution in [-0.2, 0) is 9.53 Å². The molecule has 1 aliphatic carbocycles. The molecule has 0 radical (unpaired) electrons. The SMILES string of the molecule is CCOC(=O)CCCNC1CCCC1C. The van der Waals surface area contributed by atoms with Crippen LogP contribution in [0.15, 0.2) is 0 Å². The number of hydrogen-bond donors (Lipinski definition) is 1. The van der Waals surface area contributed by atoms with E-state index in [9.17, 15) is 4.79 Å². The minimum Gasteiger partial charge on any atom is -0.466 e. The van der Waals surface area contributed by atoms with Crippen molar-refractivity contribution in [2.45, 2.75) is 52.0 Å². The molecule has 0 amide bonds. The molecule has 0 saturated heterocycles. The van der Waals surface area contributed by atoms with E-state index in [2.05, 4.69) is 12.2 Å². The summed E-state index contributed by atoms with van der Waals surface area (Å²) in [5.41, 5.74) is 0. The molecule has 3 nitrogen and oxygen atoms in total. The Labute approximate surface area is 92.6 Å². The van der Waals surface area contributed by atoms with Crippen LogP contribution in [-0.4, -0.2) is 25.2 Å². The first-order chi connectivity index (χ1) is 7.24. The van der Waals surface area contributed by atoms with Crippen molar-refractivity contribution < 1.29 is 9.53 Å². The topological polar surface area (TPSA) is 38.3 Å². The van der Waals surface area contributed by atoms with Gasteiger partial charge in [0.2, 0.25) is 0 Å². The molecule has 0 aliphatic heterocycles. The van der Waals surface area contributed by atoms with E-state index in [-0.39, 0.29) is 5.97 Å². The Hall–Kier alpha value is -0.570. The van der Waals surface area contributed by atoms with Crippen molar-refractivity contribution in [2.75, 3.05) is 13.2 Å². The Balaban J connectivity index is 1.99. The lowest BCUT2D eigenvalue weighted by atomic mass is 10.1. The molecule has 2 unspecified atom stereocenters. The smallest absolute Gasteiger partial charge is 0.305 e. The van der Waals surface area contributed by atoms with Gasteiger partial charge in [-0.05, 0) is 38.6 Å². The summed E-state index contributed by atoms with van der Waals surface area (Å²) in [4.78, 5) is 11.1. The molecule has 0 spiro atoms. The standard InChI is InChI=1S/C12H23NO2/c1-3-15-12(14)8-5-9-13-11-7-4-6-10(11)2/h10-11,13H,3-9H2,1-2H3. The van der Waals surface area contributed by atoms with Crippen LogP contribution in [0.2, 0.25) is 0 Å². The maximum atomic E-state index is 11.1. The van der Waals surface area contributed by atoms with E-state index in [1.165, 1.54) is 19.3 Å². The average molecular weight is 213 g/mol. The molecule has 15 heavy (non-hydrogen) atoms. The number of hydrogen-bond acceptors (Lipinski definition) is 3. The van der Waals surface area contributed by atoms with Crippen LogP contribution in [0.25, 0.3) is 0 Å². The molecule has 0 aromatic heterocycles. The number of carbonyl (C=O) groups excluding carboxylic acids is 1. The van der Waals surface area contributed by atoms with Crippen LogP contribution < -0.4 is 5.32 Å². The first kappa shape index (κ1) is 12.5. The number of rotatable bonds is 6. The Bertz CT molecular complexity index is 194. The number of esters is 1. The van der Waals surface area contributed by atoms with Crippen molar-refractivity contribution in [1.29, 1.82) is 0 Å². The molecule has 0 aromatic carbocycles. The lowest BCUT2D eigenvalue weighted by Crippen LogP contribution is -2.32. The Morgan fingerprint density at radius 1 is 1.47 bits per heavy atom. The second kappa shape index (κ2) is 6.83. The van der Waals surface area contributed by atoms with Gasteiger partial charge in [0.1, 0.15) is 0 Å². The quantitative estimate of drug-likeness (QED) is 0.542. The van der Waals surface area contributed by atoms with Crippen LogP contribution in [0.5, 0.6) is 0 Å². The van der Waals surface area contributed by atoms with Crippen LogP contribution >= 0.6 is 0 Å². The second-order valence-electron chi connectivity index (χ2n) is 4.38. The third-order valence-corrected chi connectivity index (χ3v) is 3.13. The molecule has 0 heterocycles. The third-order valence-electron chi connectivity index (χ3n) is 3.13. The van der Waals surface area contributed by atoms with Gasteiger partial charge in [-0.3, -0.25) is 4.79 Å². The fraction of sp³-hybridized carbons (Fsp3) is 0.917. The molecular weight excluding hydrogens is 190 g/mol. The van der Waals surface area contributed by atoms with E-state index < -0.39 is 0 Å². The molecule has 1 aliphatic rings. The van der Waals surface area contributed by atoms with E-state index in [0.29, 0.717) is 19.1 Å². The van der Waals surface area contributed by atoms with Crippen molar-refractivity contribution in [3.8, 4) is 0 Å². The first-order valence-electron chi connectivity index (χ1n) is 6.13. The molecular formula is C12H23NO2. The monoisotopic (exact) mass is 213 g/mol. The largest absolute Gasteiger partial charge is 0.466 e. The highest BCUT2D eigenvalue weighted by Crippen LogP contribution is 2.24. The molecule has 2 atom stereocenters. The highest BCUT2D eigenvalue weighted by molar-refractivity contribution is 5.69. The van der Waals surface area contributed by atoms with Gasteiger partial charge in [0.15, 0.2) is 0 Å². The predicted octanol–water partition coefficient (Wildman–Crippen LogP) is 2.11. The number of ether oxygens (including phenoxy) is 1. The lowest BCUT2D eigenvalue weighted by Gasteiger charge is -2.16. The molecule has 1 N–H and O–H groups in total. The van der Waals surface area contributed by atoms with E-state index in [1.807, 2.05) is 6.92 Å². The third kappa shape index (κ3) is 4.65. The van der Waals surface area contributed by atoms with Crippen molar-refractivity contribution >= 4 is 5.97 Å². The summed E-state index contributed by atoms with van der Waals surface area (Å²) in [6.45, 7) is 5.58. The molecule has 3 heteroatoms. The Morgan fingerprint density at radius 3 is 2.87 bits per heavy atom. The fourth-order valence-electron chi connectivity index (χ4n) is 2.20. The highest BCUT2D eigenvalue weighted by Gasteiger charge is 2.22. The molecule has 1 fully saturated rings. The zero-order chi connectivity index (χ0) is 11.1. The summed E-state index contributed by atoms with van der Waals surface area (Å²) in [5.74, 6) is 0.728. The van der Waals surface area contributed by atoms with Gasteiger partial charge in [-0.25, -0.2) is 0 Å². The Kier molecular flexibility index (Phi) is 5.69. The van der Waals surface area contributed by atoms with E-state index >= 15 is 0 Å². The summed E-state index contributed by atoms with van der Waals surface area (Å²) >= 11 is 0. The summed E-state index contributed by atoms with van der Waals surface area (Å²) in [7, 11) is 0. The molecule has 1 saturated carbocycles. The van der Waals surface area contributed by atoms with Gasteiger partial charge in [0.05, 0.1) is 6.61 Å². The van der Waals surface area contributed by atoms with E-state index in [0.717, 1.165) is 18.9 Å². The van der Waals surface area contributed by atoms with Gasteiger partial charge in [-0.1, -0.05) is 13.3 Å². The average Bonchev–Trinajstić information content (AvgIpc) is 2.60. The van der Waals surface area contributed by atoms with E-state index in [1.54, 1.807) is 0 Å². The van der Waals surface area contributed by atoms with Crippen molar-refractivity contribution in [3.05, 3.63) is 0 Å². The zero-order valence-corrected chi connectivity index (χ0v) is 9.92. The number of carbonyl (C=O) groups is 1. The maximum absolute atomic E-state index is 11.1. The first-order valence-corrected chi connectivity index (χ1v) is 6.13. The predicted molar refractivity (Wildman–Crippen MR) is 60.7 cm³/mol. The zero-order valence-electron chi connectivity index (χ0n) is 9.92. The number of nitrogens with one attached hydrogen (secondary N) is 1. The van der Waals surface area contributed by atoms with E-state index in [4.69, 9.17) is 4.74 Å². The van der Waals surface area contributed by atoms with Gasteiger partial charge < -0.3 is 10.1 Å². The van der Waals surface area contributed by atoms with Gasteiger partial charge >= 0.3 is 5.97 Å². The van der Waals surface area contributed by atoms with Crippen LogP contribution in [0.1, 0.15) is 46.0 Å². The second-order valence-corrected chi connectivity index (χ2v) is 4.38. The van der Waals surface area contributed by atoms with Crippen molar-refractivity contribution in [3.63, 3.8) is 0 Å². The van der Waals surface area contributed by atoms with Gasteiger partial charge in [0, 0.05) is 12.5 Å². The van der Waals surface area contributed by atoms with Gasteiger partial charge in [-0.2, -0.15) is 0 Å². The van der Waals surface area contributed by atoms with Crippen LogP contribution in [0.4, 0.5) is 0 Å². The summed E-state index contributed by atoms with van der Waals surface area (Å²) in [6.07, 6.45) is 5.41. The summed E-state index contributed by atoms with van der Waals surface area (Å²) in [6, 6.07) is 0.673. The molecule has 1 rings (SSSR count). The summed E-state index contributed by atoms with van der Waals surface area (Å²) < 4.78 is 4.87. The normalized spacial score (nSPS) is 25.5. The molecule has 0 bridgehead atoms. The summed E-state index contributed by atoms with van der Waals surface area (Å²) in [5, 5.41) is 3.52. The minimum atomic E-state index is -0.0706. The Morgan fingerprint density at radius 2 is 2.27 bits per heavy atom. The van der Waals surface area contributed by atoms with Crippen molar-refractivity contribution in [1.82, 2.24) is 5.32 Å². The maximum Gasteiger partial charge on any atom is 0.305 e. The lowest BCUT2D eigenvalue weighted by molar-refractivity contribution is -0.143. The van der Waals surface area contributed by atoms with Crippen LogP contribution in [0.3, 0.4) is 0 Å². The van der Waals surface area contributed by atoms with Crippen molar-refractivity contribution in [2.24, 2.45) is 5.92 Å². The van der Waals surface area contributed by atoms with Crippen LogP contribution in [0, 0.1) is 5.92 Å².